The van der Waals surface area contributed by atoms with E-state index >= 15 is 0 Å². The molecule has 3 rings (SSSR count). The second-order valence-corrected chi connectivity index (χ2v) is 11.3. The van der Waals surface area contributed by atoms with Crippen molar-refractivity contribution in [2.75, 3.05) is 0 Å². The summed E-state index contributed by atoms with van der Waals surface area (Å²) >= 11 is 0. The van der Waals surface area contributed by atoms with Gasteiger partial charge in [-0.3, -0.25) is 0 Å². The zero-order valence-corrected chi connectivity index (χ0v) is 19.8. The Hall–Kier alpha value is -2.45. The van der Waals surface area contributed by atoms with Crippen LogP contribution < -0.4 is 10.6 Å². The van der Waals surface area contributed by atoms with Gasteiger partial charge in [0, 0.05) is 10.6 Å². The van der Waals surface area contributed by atoms with Crippen molar-refractivity contribution in [3.05, 3.63) is 109 Å². The maximum Gasteiger partial charge on any atom is 0.149 e. The lowest BCUT2D eigenvalue weighted by atomic mass is 10.0. The molecule has 0 heterocycles. The van der Waals surface area contributed by atoms with Gasteiger partial charge >= 0.3 is 0 Å². The van der Waals surface area contributed by atoms with E-state index in [1.807, 2.05) is 91.0 Å². The summed E-state index contributed by atoms with van der Waals surface area (Å²) in [6, 6.07) is 29.1. The van der Waals surface area contributed by atoms with Gasteiger partial charge in [0.05, 0.1) is 24.5 Å². The minimum Gasteiger partial charge on any atom is -0.388 e. The first-order chi connectivity index (χ1) is 15.5. The number of benzene rings is 3. The molecule has 4 heteroatoms. The normalized spacial score (nSPS) is 14.5. The molecule has 0 saturated carbocycles. The highest BCUT2D eigenvalue weighted by Gasteiger charge is 2.42. The highest BCUT2D eigenvalue weighted by atomic mass is 31.2. The Morgan fingerprint density at radius 2 is 1.38 bits per heavy atom. The Morgan fingerprint density at radius 3 is 1.81 bits per heavy atom. The third-order valence-electron chi connectivity index (χ3n) is 5.90. The van der Waals surface area contributed by atoms with Gasteiger partial charge in [0.25, 0.3) is 0 Å². The molecule has 0 saturated heterocycles. The van der Waals surface area contributed by atoms with Crippen LogP contribution >= 0.6 is 7.14 Å². The monoisotopic (exact) mass is 448 g/mol. The Kier molecular flexibility index (Phi) is 8.64. The summed E-state index contributed by atoms with van der Waals surface area (Å²) in [4.78, 5) is 0. The van der Waals surface area contributed by atoms with Crippen LogP contribution in [0, 0.1) is 0 Å². The average molecular weight is 449 g/mol. The maximum atomic E-state index is 14.9. The van der Waals surface area contributed by atoms with Crippen molar-refractivity contribution in [3.8, 4) is 0 Å². The van der Waals surface area contributed by atoms with Crippen LogP contribution in [0.25, 0.3) is 0 Å². The van der Waals surface area contributed by atoms with E-state index in [1.54, 1.807) is 6.92 Å². The standard InChI is InChI=1S/C28H33O3P/c1-4-24(31-21-23-14-8-5-9-15-23)20-27(28(29)22(2)3)32(30,25-16-10-6-11-17-25)26-18-12-7-13-19-26/h5-19,24,27-29H,2,4,20-21H2,1,3H3/t24-,27+,28+/m1/s1. The van der Waals surface area contributed by atoms with Gasteiger partial charge in [-0.15, -0.1) is 0 Å². The second-order valence-electron chi connectivity index (χ2n) is 8.25. The molecular formula is C28H33O3P. The van der Waals surface area contributed by atoms with E-state index in [9.17, 15) is 9.67 Å². The van der Waals surface area contributed by atoms with E-state index in [0.717, 1.165) is 22.6 Å². The molecule has 0 aliphatic heterocycles. The molecule has 0 aromatic heterocycles. The van der Waals surface area contributed by atoms with Crippen LogP contribution in [0.1, 0.15) is 32.3 Å². The first-order valence-corrected chi connectivity index (χ1v) is 12.9. The van der Waals surface area contributed by atoms with Crippen LogP contribution in [0.2, 0.25) is 0 Å². The third kappa shape index (κ3) is 5.66. The van der Waals surface area contributed by atoms with Gasteiger partial charge in [-0.05, 0) is 25.3 Å². The van der Waals surface area contributed by atoms with Crippen LogP contribution in [0.3, 0.4) is 0 Å². The maximum absolute atomic E-state index is 14.9. The van der Waals surface area contributed by atoms with Crippen molar-refractivity contribution in [2.45, 2.75) is 51.2 Å². The Balaban J connectivity index is 1.99. The number of hydrogen-bond donors (Lipinski definition) is 1. The molecule has 0 spiro atoms. The molecule has 3 aromatic rings. The van der Waals surface area contributed by atoms with E-state index in [2.05, 4.69) is 13.5 Å². The number of hydrogen-bond acceptors (Lipinski definition) is 3. The van der Waals surface area contributed by atoms with Crippen molar-refractivity contribution in [1.29, 1.82) is 0 Å². The van der Waals surface area contributed by atoms with Crippen LogP contribution in [0.15, 0.2) is 103 Å². The minimum absolute atomic E-state index is 0.144. The first-order valence-electron chi connectivity index (χ1n) is 11.2. The lowest BCUT2D eigenvalue weighted by Gasteiger charge is -2.34. The van der Waals surface area contributed by atoms with Gasteiger partial charge in [0.2, 0.25) is 0 Å². The van der Waals surface area contributed by atoms with Gasteiger partial charge in [-0.1, -0.05) is 110 Å². The lowest BCUT2D eigenvalue weighted by Crippen LogP contribution is -2.38. The molecule has 3 nitrogen and oxygen atoms in total. The summed E-state index contributed by atoms with van der Waals surface area (Å²) in [5, 5.41) is 12.7. The predicted octanol–water partition coefficient (Wildman–Crippen LogP) is 5.69. The Labute approximate surface area is 192 Å². The molecule has 0 amide bonds. The molecule has 168 valence electrons. The van der Waals surface area contributed by atoms with Crippen LogP contribution in [-0.4, -0.2) is 23.0 Å². The quantitative estimate of drug-likeness (QED) is 0.303. The molecule has 0 unspecified atom stereocenters. The van der Waals surface area contributed by atoms with Crippen molar-refractivity contribution < 1.29 is 14.4 Å². The summed E-state index contributed by atoms with van der Waals surface area (Å²) in [5.74, 6) is 0. The smallest absolute Gasteiger partial charge is 0.149 e. The first kappa shape index (κ1) is 24.2. The topological polar surface area (TPSA) is 46.5 Å². The van der Waals surface area contributed by atoms with Gasteiger partial charge in [0.15, 0.2) is 0 Å². The summed E-state index contributed by atoms with van der Waals surface area (Å²) in [5.41, 5.74) is 1.17. The Bertz CT molecular complexity index is 975. The molecule has 0 aliphatic rings. The van der Waals surface area contributed by atoms with Gasteiger partial charge in [-0.2, -0.15) is 0 Å². The van der Waals surface area contributed by atoms with Crippen molar-refractivity contribution in [2.24, 2.45) is 0 Å². The zero-order chi connectivity index (χ0) is 23.0. The fraction of sp³-hybridized carbons (Fsp3) is 0.286. The van der Waals surface area contributed by atoms with E-state index in [1.165, 1.54) is 0 Å². The number of ether oxygens (including phenoxy) is 1. The van der Waals surface area contributed by atoms with E-state index in [-0.39, 0.29) is 6.10 Å². The minimum atomic E-state index is -3.20. The van der Waals surface area contributed by atoms with Crippen LogP contribution in [0.5, 0.6) is 0 Å². The Morgan fingerprint density at radius 1 is 0.906 bits per heavy atom. The van der Waals surface area contributed by atoms with Gasteiger partial charge in [-0.25, -0.2) is 0 Å². The fourth-order valence-corrected chi connectivity index (χ4v) is 7.52. The van der Waals surface area contributed by atoms with Crippen molar-refractivity contribution in [3.63, 3.8) is 0 Å². The molecule has 0 aliphatic carbocycles. The average Bonchev–Trinajstić information content (AvgIpc) is 2.85. The number of rotatable bonds is 11. The molecule has 32 heavy (non-hydrogen) atoms. The molecular weight excluding hydrogens is 415 g/mol. The highest BCUT2D eigenvalue weighted by Crippen LogP contribution is 2.52. The molecule has 0 bridgehead atoms. The largest absolute Gasteiger partial charge is 0.388 e. The predicted molar refractivity (Wildman–Crippen MR) is 134 cm³/mol. The van der Waals surface area contributed by atoms with E-state index < -0.39 is 18.9 Å². The SMILES string of the molecule is C=C(C)[C@H](O)[C@H](C[C@@H](CC)OCc1ccccc1)P(=O)(c1ccccc1)c1ccccc1. The molecule has 1 N–H and O–H groups in total. The summed E-state index contributed by atoms with van der Waals surface area (Å²) in [6.45, 7) is 8.33. The van der Waals surface area contributed by atoms with E-state index in [0.29, 0.717) is 18.6 Å². The van der Waals surface area contributed by atoms with Crippen LogP contribution in [0.4, 0.5) is 0 Å². The van der Waals surface area contributed by atoms with Crippen molar-refractivity contribution in [1.82, 2.24) is 0 Å². The van der Waals surface area contributed by atoms with Crippen molar-refractivity contribution >= 4 is 17.8 Å². The molecule has 0 fully saturated rings. The highest BCUT2D eigenvalue weighted by molar-refractivity contribution is 7.79. The summed E-state index contributed by atoms with van der Waals surface area (Å²) in [6.07, 6.45) is 0.180. The third-order valence-corrected chi connectivity index (χ3v) is 9.46. The number of aliphatic hydroxyl groups is 1. The van der Waals surface area contributed by atoms with E-state index in [4.69, 9.17) is 4.74 Å². The number of aliphatic hydroxyl groups excluding tert-OH is 1. The summed E-state index contributed by atoms with van der Waals surface area (Å²) in [7, 11) is -3.20. The van der Waals surface area contributed by atoms with Crippen LogP contribution in [-0.2, 0) is 15.9 Å². The van der Waals surface area contributed by atoms with Gasteiger partial charge in [0.1, 0.15) is 7.14 Å². The molecule has 3 aromatic carbocycles. The zero-order valence-electron chi connectivity index (χ0n) is 18.9. The molecule has 3 atom stereocenters. The van der Waals surface area contributed by atoms with Gasteiger partial charge < -0.3 is 14.4 Å². The molecule has 0 radical (unpaired) electrons. The summed E-state index contributed by atoms with van der Waals surface area (Å²) < 4.78 is 21.2. The fourth-order valence-electron chi connectivity index (χ4n) is 4.05. The lowest BCUT2D eigenvalue weighted by molar-refractivity contribution is 0.0253. The second kappa shape index (κ2) is 11.4.